The van der Waals surface area contributed by atoms with Gasteiger partial charge in [0.1, 0.15) is 0 Å². The summed E-state index contributed by atoms with van der Waals surface area (Å²) < 4.78 is 14.3. The molecule has 0 saturated heterocycles. The fourth-order valence-electron chi connectivity index (χ4n) is 3.90. The van der Waals surface area contributed by atoms with Crippen LogP contribution in [0.15, 0.2) is 47.4 Å². The number of halogens is 1. The van der Waals surface area contributed by atoms with Crippen LogP contribution in [-0.4, -0.2) is 34.8 Å². The number of methoxy groups -OCH3 is 2. The van der Waals surface area contributed by atoms with E-state index in [2.05, 4.69) is 11.0 Å². The molecule has 0 N–H and O–H groups in total. The van der Waals surface area contributed by atoms with Gasteiger partial charge < -0.3 is 9.47 Å². The minimum Gasteiger partial charge on any atom is -0.493 e. The third-order valence-corrected chi connectivity index (χ3v) is 5.62. The van der Waals surface area contributed by atoms with E-state index in [0.29, 0.717) is 11.7 Å². The zero-order valence-electron chi connectivity index (χ0n) is 16.8. The first-order chi connectivity index (χ1) is 14.0. The average molecular weight is 414 g/mol. The number of ether oxygens (including phenoxy) is 2. The molecular formula is C22H24ClN3O3. The Hall–Kier alpha value is -2.70. The lowest BCUT2D eigenvalue weighted by atomic mass is 9.99. The van der Waals surface area contributed by atoms with E-state index in [1.54, 1.807) is 35.5 Å². The summed E-state index contributed by atoms with van der Waals surface area (Å²) in [5.74, 6) is 1.49. The fraction of sp³-hybridized carbons (Fsp3) is 0.318. The molecule has 0 unspecified atom stereocenters. The molecule has 152 valence electrons. The van der Waals surface area contributed by atoms with Gasteiger partial charge in [0, 0.05) is 30.0 Å². The molecule has 0 saturated carbocycles. The van der Waals surface area contributed by atoms with E-state index >= 15 is 0 Å². The van der Waals surface area contributed by atoms with Gasteiger partial charge in [-0.25, -0.2) is 4.79 Å². The van der Waals surface area contributed by atoms with Crippen molar-refractivity contribution in [2.45, 2.75) is 26.6 Å². The van der Waals surface area contributed by atoms with E-state index in [9.17, 15) is 4.79 Å². The number of aryl methyl sites for hydroxylation is 1. The number of aromatic nitrogens is 2. The molecule has 2 heterocycles. The molecule has 29 heavy (non-hydrogen) atoms. The first-order valence-electron chi connectivity index (χ1n) is 9.51. The van der Waals surface area contributed by atoms with E-state index in [4.69, 9.17) is 21.1 Å². The summed E-state index contributed by atoms with van der Waals surface area (Å²) >= 11 is 5.98. The van der Waals surface area contributed by atoms with E-state index in [1.807, 2.05) is 31.3 Å². The summed E-state index contributed by atoms with van der Waals surface area (Å²) in [6.07, 6.45) is 2.81. The van der Waals surface area contributed by atoms with Crippen molar-refractivity contribution in [3.05, 3.63) is 74.9 Å². The Balaban J connectivity index is 1.58. The van der Waals surface area contributed by atoms with Crippen LogP contribution >= 0.6 is 11.6 Å². The van der Waals surface area contributed by atoms with Crippen LogP contribution in [0.5, 0.6) is 11.5 Å². The molecule has 4 rings (SSSR count). The highest BCUT2D eigenvalue weighted by atomic mass is 35.5. The SMILES string of the molecule is COc1cc2c(cc1OC)CN(Cn1cc(C)n(-c3ccc(Cl)cc3)c1=O)CC2. The number of rotatable bonds is 5. The second-order valence-corrected chi connectivity index (χ2v) is 7.69. The first kappa shape index (κ1) is 19.6. The van der Waals surface area contributed by atoms with Gasteiger partial charge in [-0.1, -0.05) is 11.6 Å². The van der Waals surface area contributed by atoms with Gasteiger partial charge in [-0.3, -0.25) is 14.0 Å². The van der Waals surface area contributed by atoms with Crippen molar-refractivity contribution in [2.75, 3.05) is 20.8 Å². The molecule has 1 aromatic heterocycles. The van der Waals surface area contributed by atoms with Crippen LogP contribution in [-0.2, 0) is 19.6 Å². The molecule has 0 bridgehead atoms. The second kappa shape index (κ2) is 7.97. The number of imidazole rings is 1. The Morgan fingerprint density at radius 2 is 1.69 bits per heavy atom. The smallest absolute Gasteiger partial charge is 0.334 e. The number of hydrogen-bond donors (Lipinski definition) is 0. The summed E-state index contributed by atoms with van der Waals surface area (Å²) in [7, 11) is 3.30. The van der Waals surface area contributed by atoms with E-state index in [-0.39, 0.29) is 5.69 Å². The maximum Gasteiger partial charge on any atom is 0.334 e. The lowest BCUT2D eigenvalue weighted by molar-refractivity contribution is 0.196. The molecule has 0 aliphatic carbocycles. The Labute approximate surface area is 174 Å². The van der Waals surface area contributed by atoms with Crippen LogP contribution in [0.2, 0.25) is 5.02 Å². The van der Waals surface area contributed by atoms with Crippen molar-refractivity contribution in [1.29, 1.82) is 0 Å². The highest BCUT2D eigenvalue weighted by molar-refractivity contribution is 6.30. The van der Waals surface area contributed by atoms with Gasteiger partial charge >= 0.3 is 5.69 Å². The van der Waals surface area contributed by atoms with Crippen molar-refractivity contribution < 1.29 is 9.47 Å². The molecule has 3 aromatic rings. The van der Waals surface area contributed by atoms with Crippen molar-refractivity contribution >= 4 is 11.6 Å². The summed E-state index contributed by atoms with van der Waals surface area (Å²) in [5.41, 5.74) is 4.12. The van der Waals surface area contributed by atoms with Gasteiger partial charge in [-0.2, -0.15) is 0 Å². The second-order valence-electron chi connectivity index (χ2n) is 7.25. The Bertz CT molecular complexity index is 1090. The molecule has 0 atom stereocenters. The van der Waals surface area contributed by atoms with Gasteiger partial charge in [0.25, 0.3) is 0 Å². The predicted molar refractivity (Wildman–Crippen MR) is 113 cm³/mol. The van der Waals surface area contributed by atoms with Crippen molar-refractivity contribution in [3.63, 3.8) is 0 Å². The minimum atomic E-state index is -0.0528. The van der Waals surface area contributed by atoms with Gasteiger partial charge in [-0.05, 0) is 60.9 Å². The average Bonchev–Trinajstić information content (AvgIpc) is 3.00. The predicted octanol–water partition coefficient (Wildman–Crippen LogP) is 3.63. The standard InChI is InChI=1S/C22H24ClN3O3/c1-15-12-25(22(27)26(15)19-6-4-18(23)5-7-19)14-24-9-8-16-10-20(28-2)21(29-3)11-17(16)13-24/h4-7,10-12H,8-9,13-14H2,1-3H3. The quantitative estimate of drug-likeness (QED) is 0.640. The third-order valence-electron chi connectivity index (χ3n) is 5.37. The topological polar surface area (TPSA) is 48.6 Å². The van der Waals surface area contributed by atoms with Crippen LogP contribution in [0.1, 0.15) is 16.8 Å². The molecule has 2 aromatic carbocycles. The Morgan fingerprint density at radius 3 is 2.34 bits per heavy atom. The Kier molecular flexibility index (Phi) is 5.39. The number of nitrogens with zero attached hydrogens (tertiary/aromatic N) is 3. The van der Waals surface area contributed by atoms with Crippen molar-refractivity contribution in [2.24, 2.45) is 0 Å². The van der Waals surface area contributed by atoms with Crippen molar-refractivity contribution in [3.8, 4) is 17.2 Å². The molecule has 1 aliphatic rings. The van der Waals surface area contributed by atoms with Gasteiger partial charge in [-0.15, -0.1) is 0 Å². The number of benzene rings is 2. The zero-order chi connectivity index (χ0) is 20.5. The summed E-state index contributed by atoms with van der Waals surface area (Å²) in [4.78, 5) is 15.3. The van der Waals surface area contributed by atoms with Crippen LogP contribution in [0.25, 0.3) is 5.69 Å². The highest BCUT2D eigenvalue weighted by Crippen LogP contribution is 2.33. The van der Waals surface area contributed by atoms with Crippen LogP contribution in [0, 0.1) is 6.92 Å². The number of fused-ring (bicyclic) bond motifs is 1. The Morgan fingerprint density at radius 1 is 1.03 bits per heavy atom. The molecule has 6 nitrogen and oxygen atoms in total. The summed E-state index contributed by atoms with van der Waals surface area (Å²) in [6.45, 7) is 4.11. The molecule has 7 heteroatoms. The molecular weight excluding hydrogens is 390 g/mol. The molecule has 0 amide bonds. The third kappa shape index (κ3) is 3.78. The van der Waals surface area contributed by atoms with Gasteiger partial charge in [0.15, 0.2) is 11.5 Å². The largest absolute Gasteiger partial charge is 0.493 e. The van der Waals surface area contributed by atoms with E-state index in [1.165, 1.54) is 11.1 Å². The maximum atomic E-state index is 13.0. The summed E-state index contributed by atoms with van der Waals surface area (Å²) in [6, 6.07) is 11.4. The molecule has 0 radical (unpaired) electrons. The van der Waals surface area contributed by atoms with E-state index < -0.39 is 0 Å². The fourth-order valence-corrected chi connectivity index (χ4v) is 4.03. The zero-order valence-corrected chi connectivity index (χ0v) is 17.6. The van der Waals surface area contributed by atoms with Gasteiger partial charge in [0.05, 0.1) is 26.6 Å². The lowest BCUT2D eigenvalue weighted by Crippen LogP contribution is -2.36. The number of hydrogen-bond acceptors (Lipinski definition) is 4. The van der Waals surface area contributed by atoms with E-state index in [0.717, 1.165) is 42.4 Å². The summed E-state index contributed by atoms with van der Waals surface area (Å²) in [5, 5.41) is 0.651. The highest BCUT2D eigenvalue weighted by Gasteiger charge is 2.21. The van der Waals surface area contributed by atoms with Crippen LogP contribution in [0.3, 0.4) is 0 Å². The molecule has 0 spiro atoms. The van der Waals surface area contributed by atoms with Crippen LogP contribution < -0.4 is 15.2 Å². The maximum absolute atomic E-state index is 13.0. The minimum absolute atomic E-state index is 0.0528. The lowest BCUT2D eigenvalue weighted by Gasteiger charge is -2.29. The first-order valence-corrected chi connectivity index (χ1v) is 9.89. The normalized spacial score (nSPS) is 13.9. The molecule has 1 aliphatic heterocycles. The van der Waals surface area contributed by atoms with Crippen molar-refractivity contribution in [1.82, 2.24) is 14.0 Å². The van der Waals surface area contributed by atoms with Gasteiger partial charge in [0.2, 0.25) is 0 Å². The molecule has 0 fully saturated rings. The van der Waals surface area contributed by atoms with Crippen LogP contribution in [0.4, 0.5) is 0 Å². The monoisotopic (exact) mass is 413 g/mol.